The Balaban J connectivity index is 1.71. The number of hydrogen-bond acceptors (Lipinski definition) is 4. The number of hydrogen-bond donors (Lipinski definition) is 1. The van der Waals surface area contributed by atoms with E-state index in [-0.39, 0.29) is 12.6 Å². The molecule has 1 aromatic carbocycles. The zero-order valence-corrected chi connectivity index (χ0v) is 15.3. The van der Waals surface area contributed by atoms with E-state index in [1.165, 1.54) is 9.87 Å². The van der Waals surface area contributed by atoms with Gasteiger partial charge in [0.25, 0.3) is 10.2 Å². The van der Waals surface area contributed by atoms with Crippen molar-refractivity contribution in [1.29, 1.82) is 0 Å². The summed E-state index contributed by atoms with van der Waals surface area (Å²) in [6, 6.07) is 7.94. The van der Waals surface area contributed by atoms with Crippen molar-refractivity contribution < 1.29 is 17.9 Å². The second-order valence-corrected chi connectivity index (χ2v) is 7.73. The van der Waals surface area contributed by atoms with Gasteiger partial charge >= 0.3 is 0 Å². The van der Waals surface area contributed by atoms with Gasteiger partial charge in [0.15, 0.2) is 0 Å². The highest BCUT2D eigenvalue weighted by molar-refractivity contribution is 7.87. The molecule has 7 heteroatoms. The maximum Gasteiger partial charge on any atom is 0.279 e. The number of benzene rings is 1. The Morgan fingerprint density at radius 3 is 2.46 bits per heavy atom. The van der Waals surface area contributed by atoms with E-state index in [0.717, 1.165) is 31.4 Å². The Bertz CT molecular complexity index is 581. The fourth-order valence-corrected chi connectivity index (χ4v) is 4.00. The molecule has 1 N–H and O–H groups in total. The Labute approximate surface area is 145 Å². The van der Waals surface area contributed by atoms with Crippen molar-refractivity contribution in [3.63, 3.8) is 0 Å². The standard InChI is InChI=1S/C17H28N2O4S/c1-3-4-15-5-7-17(8-6-15)23-14-11-18-24(20,21)19-12-9-16(22-2)10-13-19/h5-8,16,18H,3-4,9-14H2,1-2H3. The molecule has 0 aromatic heterocycles. The molecule has 1 aliphatic heterocycles. The summed E-state index contributed by atoms with van der Waals surface area (Å²) >= 11 is 0. The molecule has 0 saturated carbocycles. The van der Waals surface area contributed by atoms with E-state index in [1.54, 1.807) is 7.11 Å². The minimum absolute atomic E-state index is 0.162. The van der Waals surface area contributed by atoms with Crippen molar-refractivity contribution in [2.45, 2.75) is 38.7 Å². The van der Waals surface area contributed by atoms with Crippen molar-refractivity contribution >= 4 is 10.2 Å². The predicted molar refractivity (Wildman–Crippen MR) is 94.5 cm³/mol. The van der Waals surface area contributed by atoms with Crippen LogP contribution in [-0.4, -0.2) is 52.2 Å². The normalized spacial score (nSPS) is 17.1. The summed E-state index contributed by atoms with van der Waals surface area (Å²) in [4.78, 5) is 0. The molecule has 0 radical (unpaired) electrons. The summed E-state index contributed by atoms with van der Waals surface area (Å²) in [5.74, 6) is 0.759. The van der Waals surface area contributed by atoms with Gasteiger partial charge in [-0.05, 0) is 37.0 Å². The zero-order chi connectivity index (χ0) is 17.4. The van der Waals surface area contributed by atoms with Crippen LogP contribution < -0.4 is 9.46 Å². The van der Waals surface area contributed by atoms with Crippen molar-refractivity contribution in [2.75, 3.05) is 33.4 Å². The second kappa shape index (κ2) is 9.36. The summed E-state index contributed by atoms with van der Waals surface area (Å²) in [6.07, 6.45) is 3.80. The third kappa shape index (κ3) is 5.73. The number of nitrogens with one attached hydrogen (secondary N) is 1. The minimum atomic E-state index is -3.44. The topological polar surface area (TPSA) is 67.9 Å². The molecular weight excluding hydrogens is 328 g/mol. The van der Waals surface area contributed by atoms with Crippen molar-refractivity contribution in [3.8, 4) is 5.75 Å². The maximum absolute atomic E-state index is 12.2. The van der Waals surface area contributed by atoms with E-state index in [9.17, 15) is 8.42 Å². The van der Waals surface area contributed by atoms with Crippen molar-refractivity contribution in [2.24, 2.45) is 0 Å². The van der Waals surface area contributed by atoms with Crippen LogP contribution >= 0.6 is 0 Å². The molecule has 1 aliphatic rings. The van der Waals surface area contributed by atoms with Gasteiger partial charge in [0, 0.05) is 26.7 Å². The van der Waals surface area contributed by atoms with Gasteiger partial charge in [-0.25, -0.2) is 0 Å². The summed E-state index contributed by atoms with van der Waals surface area (Å²) in [5.41, 5.74) is 1.28. The molecule has 1 saturated heterocycles. The van der Waals surface area contributed by atoms with Crippen LogP contribution in [0.25, 0.3) is 0 Å². The number of ether oxygens (including phenoxy) is 2. The number of aryl methyl sites for hydroxylation is 1. The molecule has 1 aromatic rings. The lowest BCUT2D eigenvalue weighted by Crippen LogP contribution is -2.47. The Kier molecular flexibility index (Phi) is 7.48. The van der Waals surface area contributed by atoms with E-state index in [0.29, 0.717) is 19.7 Å². The molecule has 24 heavy (non-hydrogen) atoms. The summed E-state index contributed by atoms with van der Waals surface area (Å²) in [7, 11) is -1.77. The Hall–Kier alpha value is -1.15. The average molecular weight is 356 g/mol. The van der Waals surface area contributed by atoms with Gasteiger partial charge in [-0.1, -0.05) is 25.5 Å². The van der Waals surface area contributed by atoms with Gasteiger partial charge in [-0.15, -0.1) is 0 Å². The third-order valence-corrected chi connectivity index (χ3v) is 5.81. The number of rotatable bonds is 9. The lowest BCUT2D eigenvalue weighted by atomic mass is 10.1. The third-order valence-electron chi connectivity index (χ3n) is 4.19. The molecule has 0 bridgehead atoms. The van der Waals surface area contributed by atoms with Gasteiger partial charge in [-0.2, -0.15) is 17.4 Å². The number of nitrogens with zero attached hydrogens (tertiary/aromatic N) is 1. The summed E-state index contributed by atoms with van der Waals surface area (Å²) in [6.45, 7) is 3.69. The average Bonchev–Trinajstić information content (AvgIpc) is 2.60. The van der Waals surface area contributed by atoms with Gasteiger partial charge in [0.05, 0.1) is 6.10 Å². The summed E-state index contributed by atoms with van der Waals surface area (Å²) < 4.78 is 39.4. The molecule has 1 fully saturated rings. The van der Waals surface area contributed by atoms with E-state index in [4.69, 9.17) is 9.47 Å². The van der Waals surface area contributed by atoms with E-state index >= 15 is 0 Å². The monoisotopic (exact) mass is 356 g/mol. The first-order chi connectivity index (χ1) is 11.5. The van der Waals surface area contributed by atoms with Crippen LogP contribution in [0.4, 0.5) is 0 Å². The van der Waals surface area contributed by atoms with Crippen LogP contribution in [0.2, 0.25) is 0 Å². The highest BCUT2D eigenvalue weighted by atomic mass is 32.2. The lowest BCUT2D eigenvalue weighted by molar-refractivity contribution is 0.0601. The Morgan fingerprint density at radius 1 is 1.21 bits per heavy atom. The molecule has 0 atom stereocenters. The summed E-state index contributed by atoms with van der Waals surface area (Å²) in [5, 5.41) is 0. The van der Waals surface area contributed by atoms with Gasteiger partial charge in [0.2, 0.25) is 0 Å². The van der Waals surface area contributed by atoms with Gasteiger partial charge < -0.3 is 9.47 Å². The number of piperidine rings is 1. The quantitative estimate of drug-likeness (QED) is 0.687. The predicted octanol–water partition coefficient (Wildman–Crippen LogP) is 1.96. The van der Waals surface area contributed by atoms with Crippen LogP contribution in [0.3, 0.4) is 0 Å². The first-order valence-corrected chi connectivity index (χ1v) is 9.98. The fourth-order valence-electron chi connectivity index (χ4n) is 2.78. The van der Waals surface area contributed by atoms with Crippen LogP contribution in [0, 0.1) is 0 Å². The molecule has 136 valence electrons. The molecule has 0 aliphatic carbocycles. The molecule has 0 spiro atoms. The molecule has 0 unspecified atom stereocenters. The highest BCUT2D eigenvalue weighted by Gasteiger charge is 2.27. The van der Waals surface area contributed by atoms with Crippen LogP contribution in [0.1, 0.15) is 31.7 Å². The Morgan fingerprint density at radius 2 is 1.88 bits per heavy atom. The zero-order valence-electron chi connectivity index (χ0n) is 14.5. The molecule has 2 rings (SSSR count). The van der Waals surface area contributed by atoms with Crippen molar-refractivity contribution in [3.05, 3.63) is 29.8 Å². The van der Waals surface area contributed by atoms with Gasteiger partial charge in [0.1, 0.15) is 12.4 Å². The lowest BCUT2D eigenvalue weighted by Gasteiger charge is -2.30. The first-order valence-electron chi connectivity index (χ1n) is 8.54. The van der Waals surface area contributed by atoms with Crippen LogP contribution in [0.15, 0.2) is 24.3 Å². The molecule has 6 nitrogen and oxygen atoms in total. The molecule has 1 heterocycles. The second-order valence-electron chi connectivity index (χ2n) is 5.98. The van der Waals surface area contributed by atoms with Crippen LogP contribution in [0.5, 0.6) is 5.75 Å². The highest BCUT2D eigenvalue weighted by Crippen LogP contribution is 2.15. The number of methoxy groups -OCH3 is 1. The van der Waals surface area contributed by atoms with Crippen molar-refractivity contribution in [1.82, 2.24) is 9.03 Å². The van der Waals surface area contributed by atoms with E-state index in [1.807, 2.05) is 24.3 Å². The minimum Gasteiger partial charge on any atom is -0.492 e. The largest absolute Gasteiger partial charge is 0.492 e. The fraction of sp³-hybridized carbons (Fsp3) is 0.647. The first kappa shape index (κ1) is 19.2. The SMILES string of the molecule is CCCc1ccc(OCCNS(=O)(=O)N2CCC(OC)CC2)cc1. The van der Waals surface area contributed by atoms with E-state index in [2.05, 4.69) is 11.6 Å². The maximum atomic E-state index is 12.2. The van der Waals surface area contributed by atoms with Gasteiger partial charge in [-0.3, -0.25) is 0 Å². The molecular formula is C17H28N2O4S. The smallest absolute Gasteiger partial charge is 0.279 e. The molecule has 0 amide bonds. The van der Waals surface area contributed by atoms with Crippen LogP contribution in [-0.2, 0) is 21.4 Å². The van der Waals surface area contributed by atoms with E-state index < -0.39 is 10.2 Å².